The van der Waals surface area contributed by atoms with Gasteiger partial charge in [-0.2, -0.15) is 0 Å². The highest BCUT2D eigenvalue weighted by Gasteiger charge is 2.35. The molecule has 2 saturated heterocycles. The quantitative estimate of drug-likeness (QED) is 0.519. The third-order valence-corrected chi connectivity index (χ3v) is 7.05. The summed E-state index contributed by atoms with van der Waals surface area (Å²) in [7, 11) is 1.62. The number of carbonyl (C=O) groups excluding carboxylic acids is 2. The van der Waals surface area contributed by atoms with Crippen LogP contribution >= 0.6 is 0 Å². The summed E-state index contributed by atoms with van der Waals surface area (Å²) >= 11 is 0. The fourth-order valence-corrected chi connectivity index (χ4v) is 5.11. The van der Waals surface area contributed by atoms with Crippen molar-refractivity contribution in [2.45, 2.75) is 19.1 Å². The van der Waals surface area contributed by atoms with Crippen LogP contribution in [0.15, 0.2) is 47.3 Å². The van der Waals surface area contributed by atoms with E-state index in [2.05, 4.69) is 15.2 Å². The second-order valence-electron chi connectivity index (χ2n) is 9.59. The SMILES string of the molecule is COc1ccc2ccc(=O)n(CC3CN(CC[C@@H]4CN(c5ccc6c(n5)NC(=O)CO6)C(=O)O4)C3)c2c1. The standard InChI is InChI=1S/C26H27N5O6/c1-35-18-4-2-17-3-7-24(33)30(20(17)10-18)13-16-11-29(12-16)9-8-19-14-31(26(34)37-19)22-6-5-21-25(27-22)28-23(32)15-36-21/h2-7,10,16,19H,8-9,11-15H2,1H3,(H,27,28,32)/t19-/m1/s1. The maximum atomic E-state index is 12.6. The van der Waals surface area contributed by atoms with Crippen molar-refractivity contribution in [2.75, 3.05) is 50.1 Å². The number of benzene rings is 1. The lowest BCUT2D eigenvalue weighted by molar-refractivity contribution is -0.118. The van der Waals surface area contributed by atoms with E-state index in [0.717, 1.165) is 36.3 Å². The van der Waals surface area contributed by atoms with Gasteiger partial charge < -0.3 is 29.0 Å². The van der Waals surface area contributed by atoms with Crippen molar-refractivity contribution in [3.8, 4) is 11.5 Å². The molecule has 0 saturated carbocycles. The van der Waals surface area contributed by atoms with Gasteiger partial charge in [-0.25, -0.2) is 9.78 Å². The van der Waals surface area contributed by atoms with Crippen LogP contribution in [0.25, 0.3) is 10.9 Å². The Kier molecular flexibility index (Phi) is 5.91. The highest BCUT2D eigenvalue weighted by molar-refractivity contribution is 5.95. The molecule has 0 spiro atoms. The van der Waals surface area contributed by atoms with Crippen molar-refractivity contribution in [3.63, 3.8) is 0 Å². The molecule has 1 atom stereocenters. The molecule has 0 radical (unpaired) electrons. The maximum Gasteiger partial charge on any atom is 0.415 e. The zero-order valence-electron chi connectivity index (χ0n) is 20.4. The van der Waals surface area contributed by atoms with Crippen LogP contribution in [0.5, 0.6) is 11.5 Å². The molecule has 0 bridgehead atoms. The number of nitrogens with zero attached hydrogens (tertiary/aromatic N) is 4. The Bertz CT molecular complexity index is 1430. The van der Waals surface area contributed by atoms with Crippen LogP contribution in [-0.2, 0) is 16.1 Å². The lowest BCUT2D eigenvalue weighted by Crippen LogP contribution is -2.50. The lowest BCUT2D eigenvalue weighted by atomic mass is 9.99. The van der Waals surface area contributed by atoms with Crippen LogP contribution in [0.2, 0.25) is 0 Å². The number of aromatic nitrogens is 2. The molecule has 3 aliphatic rings. The minimum absolute atomic E-state index is 0.0147. The number of pyridine rings is 2. The van der Waals surface area contributed by atoms with E-state index in [1.165, 1.54) is 4.90 Å². The first-order valence-corrected chi connectivity index (χ1v) is 12.3. The molecule has 2 aromatic heterocycles. The number of methoxy groups -OCH3 is 1. The summed E-state index contributed by atoms with van der Waals surface area (Å²) in [6.45, 7) is 3.54. The lowest BCUT2D eigenvalue weighted by Gasteiger charge is -2.40. The number of hydrogen-bond donors (Lipinski definition) is 1. The first-order chi connectivity index (χ1) is 18.0. The molecule has 1 N–H and O–H groups in total. The molecule has 0 aliphatic carbocycles. The van der Waals surface area contributed by atoms with Crippen molar-refractivity contribution < 1.29 is 23.8 Å². The van der Waals surface area contributed by atoms with E-state index < -0.39 is 6.09 Å². The zero-order chi connectivity index (χ0) is 25.5. The van der Waals surface area contributed by atoms with Gasteiger partial charge in [0.15, 0.2) is 18.2 Å². The number of anilines is 2. The summed E-state index contributed by atoms with van der Waals surface area (Å²) in [5, 5.41) is 3.66. The number of likely N-dealkylation sites (tertiary alicyclic amines) is 1. The van der Waals surface area contributed by atoms with Gasteiger partial charge in [0.1, 0.15) is 17.7 Å². The second-order valence-corrected chi connectivity index (χ2v) is 9.59. The van der Waals surface area contributed by atoms with E-state index >= 15 is 0 Å². The molecule has 5 heterocycles. The summed E-state index contributed by atoms with van der Waals surface area (Å²) in [6.07, 6.45) is 0.00153. The molecule has 2 amide bonds. The van der Waals surface area contributed by atoms with E-state index in [1.807, 2.05) is 28.8 Å². The van der Waals surface area contributed by atoms with Gasteiger partial charge in [-0.05, 0) is 42.1 Å². The van der Waals surface area contributed by atoms with E-state index in [9.17, 15) is 14.4 Å². The summed E-state index contributed by atoms with van der Waals surface area (Å²) in [5.74, 6) is 2.01. The predicted molar refractivity (Wildman–Crippen MR) is 135 cm³/mol. The van der Waals surface area contributed by atoms with Crippen LogP contribution < -0.4 is 25.2 Å². The molecule has 1 aromatic carbocycles. The Morgan fingerprint density at radius 2 is 1.92 bits per heavy atom. The number of rotatable bonds is 7. The van der Waals surface area contributed by atoms with Gasteiger partial charge in [-0.15, -0.1) is 0 Å². The van der Waals surface area contributed by atoms with Gasteiger partial charge in [0.2, 0.25) is 0 Å². The first-order valence-electron chi connectivity index (χ1n) is 12.3. The third-order valence-electron chi connectivity index (χ3n) is 7.05. The topological polar surface area (TPSA) is 115 Å². The molecule has 192 valence electrons. The van der Waals surface area contributed by atoms with Crippen LogP contribution in [0, 0.1) is 5.92 Å². The van der Waals surface area contributed by atoms with Crippen LogP contribution in [0.1, 0.15) is 6.42 Å². The number of nitrogens with one attached hydrogen (secondary N) is 1. The van der Waals surface area contributed by atoms with Crippen molar-refractivity contribution >= 4 is 34.5 Å². The Hall–Kier alpha value is -4.12. The third kappa shape index (κ3) is 4.57. The Balaban J connectivity index is 1.02. The molecule has 11 nitrogen and oxygen atoms in total. The van der Waals surface area contributed by atoms with Gasteiger partial charge in [0.25, 0.3) is 11.5 Å². The molecular formula is C26H27N5O6. The monoisotopic (exact) mass is 505 g/mol. The zero-order valence-corrected chi connectivity index (χ0v) is 20.4. The van der Waals surface area contributed by atoms with Crippen LogP contribution in [-0.4, -0.2) is 72.5 Å². The predicted octanol–water partition coefficient (Wildman–Crippen LogP) is 2.08. The molecular weight excluding hydrogens is 478 g/mol. The summed E-state index contributed by atoms with van der Waals surface area (Å²) < 4.78 is 18.1. The highest BCUT2D eigenvalue weighted by atomic mass is 16.6. The molecule has 2 fully saturated rings. The van der Waals surface area contributed by atoms with E-state index in [1.54, 1.807) is 25.3 Å². The summed E-state index contributed by atoms with van der Waals surface area (Å²) in [5.41, 5.74) is 0.865. The van der Waals surface area contributed by atoms with Crippen molar-refractivity contribution in [3.05, 3.63) is 52.8 Å². The number of amides is 2. The fraction of sp³-hybridized carbons (Fsp3) is 0.385. The van der Waals surface area contributed by atoms with Crippen molar-refractivity contribution in [1.29, 1.82) is 0 Å². The van der Waals surface area contributed by atoms with Gasteiger partial charge in [-0.1, -0.05) is 0 Å². The van der Waals surface area contributed by atoms with Gasteiger partial charge in [0, 0.05) is 44.2 Å². The Labute approximate surface area is 212 Å². The number of fused-ring (bicyclic) bond motifs is 2. The van der Waals surface area contributed by atoms with E-state index in [0.29, 0.717) is 42.8 Å². The molecule has 0 unspecified atom stereocenters. The highest BCUT2D eigenvalue weighted by Crippen LogP contribution is 2.31. The molecule has 6 rings (SSSR count). The van der Waals surface area contributed by atoms with Crippen molar-refractivity contribution in [1.82, 2.24) is 14.5 Å². The van der Waals surface area contributed by atoms with Gasteiger partial charge in [0.05, 0.1) is 19.2 Å². The average Bonchev–Trinajstić information content (AvgIpc) is 3.25. The largest absolute Gasteiger partial charge is 0.497 e. The maximum absolute atomic E-state index is 12.6. The normalized spacial score (nSPS) is 19.7. The number of carbonyl (C=O) groups is 2. The smallest absolute Gasteiger partial charge is 0.415 e. The van der Waals surface area contributed by atoms with Gasteiger partial charge in [-0.3, -0.25) is 14.5 Å². The molecule has 3 aromatic rings. The summed E-state index contributed by atoms with van der Waals surface area (Å²) in [4.78, 5) is 44.8. The molecule has 37 heavy (non-hydrogen) atoms. The number of ether oxygens (including phenoxy) is 3. The minimum Gasteiger partial charge on any atom is -0.497 e. The average molecular weight is 506 g/mol. The van der Waals surface area contributed by atoms with Crippen molar-refractivity contribution in [2.24, 2.45) is 5.92 Å². The number of hydrogen-bond acceptors (Lipinski definition) is 8. The van der Waals surface area contributed by atoms with Crippen LogP contribution in [0.4, 0.5) is 16.4 Å². The molecule has 3 aliphatic heterocycles. The summed E-state index contributed by atoms with van der Waals surface area (Å²) in [6, 6.07) is 12.6. The van der Waals surface area contributed by atoms with E-state index in [4.69, 9.17) is 14.2 Å². The van der Waals surface area contributed by atoms with Crippen LogP contribution in [0.3, 0.4) is 0 Å². The number of cyclic esters (lactones) is 1. The Morgan fingerprint density at radius 3 is 2.76 bits per heavy atom. The first kappa shape index (κ1) is 23.3. The Morgan fingerprint density at radius 1 is 1.08 bits per heavy atom. The van der Waals surface area contributed by atoms with E-state index in [-0.39, 0.29) is 24.2 Å². The fourth-order valence-electron chi connectivity index (χ4n) is 5.11. The van der Waals surface area contributed by atoms with Gasteiger partial charge >= 0.3 is 6.09 Å². The second kappa shape index (κ2) is 9.40. The minimum atomic E-state index is -0.451. The molecule has 11 heteroatoms.